The molecule has 0 spiro atoms. The maximum Gasteiger partial charge on any atom is 1.00 e. The summed E-state index contributed by atoms with van der Waals surface area (Å²) in [5.74, 6) is 0. The van der Waals surface area contributed by atoms with Gasteiger partial charge in [0.1, 0.15) is 0 Å². The van der Waals surface area contributed by atoms with Crippen molar-refractivity contribution >= 4 is 7.85 Å². The van der Waals surface area contributed by atoms with Gasteiger partial charge in [-0.05, 0) is 45.4 Å². The molecule has 0 aliphatic rings. The molecular formula is C22H43BKNO2. The van der Waals surface area contributed by atoms with Crippen LogP contribution in [0.4, 0.5) is 0 Å². The van der Waals surface area contributed by atoms with Crippen molar-refractivity contribution in [3.63, 3.8) is 0 Å². The van der Waals surface area contributed by atoms with E-state index in [1.165, 1.54) is 0 Å². The normalized spacial score (nSPS) is 13.8. The summed E-state index contributed by atoms with van der Waals surface area (Å²) in [6, 6.07) is 0. The first-order chi connectivity index (χ1) is 11.9. The van der Waals surface area contributed by atoms with Gasteiger partial charge in [0.15, 0.2) is 0 Å². The number of rotatable bonds is 15. The van der Waals surface area contributed by atoms with Gasteiger partial charge in [-0.25, -0.2) is 0 Å². The summed E-state index contributed by atoms with van der Waals surface area (Å²) in [5.41, 5.74) is 1.19. The molecule has 2 radical (unpaired) electrons. The molecule has 1 unspecified atom stereocenters. The molecule has 0 amide bonds. The van der Waals surface area contributed by atoms with Crippen LogP contribution in [0.1, 0.15) is 74.1 Å². The Morgan fingerprint density at radius 3 is 2.26 bits per heavy atom. The molecule has 152 valence electrons. The van der Waals surface area contributed by atoms with Gasteiger partial charge in [0.2, 0.25) is 0 Å². The van der Waals surface area contributed by atoms with Crippen molar-refractivity contribution in [2.24, 2.45) is 10.8 Å². The van der Waals surface area contributed by atoms with Crippen LogP contribution in [-0.2, 0) is 9.47 Å². The van der Waals surface area contributed by atoms with Crippen molar-refractivity contribution in [2.45, 2.75) is 92.2 Å². The van der Waals surface area contributed by atoms with Crippen molar-refractivity contribution in [2.75, 3.05) is 19.8 Å². The topological polar surface area (TPSA) is 30.5 Å². The first-order valence-corrected chi connectivity index (χ1v) is 10.0. The zero-order chi connectivity index (χ0) is 20.4. The number of nitrogens with one attached hydrogen (secondary N) is 1. The minimum Gasteiger partial charge on any atom is -0.407 e. The third-order valence-electron chi connectivity index (χ3n) is 5.05. The van der Waals surface area contributed by atoms with Gasteiger partial charge in [-0.15, -0.1) is 0 Å². The Kier molecular flexibility index (Phi) is 16.0. The molecule has 0 rings (SSSR count). The van der Waals surface area contributed by atoms with Gasteiger partial charge >= 0.3 is 51.4 Å². The van der Waals surface area contributed by atoms with Crippen LogP contribution in [0, 0.1) is 17.8 Å². The Hall–Kier alpha value is 1.16. The molecule has 0 aromatic heterocycles. The van der Waals surface area contributed by atoms with E-state index in [-0.39, 0.29) is 73.9 Å². The quantitative estimate of drug-likeness (QED) is 0.336. The Bertz CT molecular complexity index is 411. The van der Waals surface area contributed by atoms with Crippen molar-refractivity contribution in [1.29, 1.82) is 0 Å². The molecule has 0 aromatic carbocycles. The van der Waals surface area contributed by atoms with Gasteiger partial charge in [0.05, 0.1) is 19.6 Å². The van der Waals surface area contributed by atoms with Crippen LogP contribution in [0.25, 0.3) is 0 Å². The molecule has 1 N–H and O–H groups in total. The van der Waals surface area contributed by atoms with Gasteiger partial charge < -0.3 is 21.7 Å². The fourth-order valence-electron chi connectivity index (χ4n) is 3.39. The van der Waals surface area contributed by atoms with Crippen LogP contribution < -0.4 is 56.7 Å². The van der Waals surface area contributed by atoms with Crippen molar-refractivity contribution in [3.05, 3.63) is 19.2 Å². The van der Waals surface area contributed by atoms with Crippen LogP contribution in [-0.4, -0.2) is 39.3 Å². The van der Waals surface area contributed by atoms with Crippen LogP contribution in [0.3, 0.4) is 0 Å². The van der Waals surface area contributed by atoms with E-state index in [0.717, 1.165) is 44.2 Å². The Morgan fingerprint density at radius 2 is 1.74 bits per heavy atom. The Balaban J connectivity index is 0. The van der Waals surface area contributed by atoms with Crippen LogP contribution >= 0.6 is 0 Å². The zero-order valence-electron chi connectivity index (χ0n) is 19.5. The summed E-state index contributed by atoms with van der Waals surface area (Å²) in [6.07, 6.45) is 4.87. The summed E-state index contributed by atoms with van der Waals surface area (Å²) in [7, 11) is 5.74. The van der Waals surface area contributed by atoms with Crippen LogP contribution in [0.5, 0.6) is 0 Å². The molecule has 0 saturated carbocycles. The Labute approximate surface area is 214 Å². The van der Waals surface area contributed by atoms with E-state index in [1.807, 2.05) is 0 Å². The fourth-order valence-corrected chi connectivity index (χ4v) is 3.39. The molecule has 0 bridgehead atoms. The molecule has 27 heavy (non-hydrogen) atoms. The average Bonchev–Trinajstić information content (AvgIpc) is 2.45. The molecule has 0 aliphatic heterocycles. The van der Waals surface area contributed by atoms with E-state index < -0.39 is 0 Å². The predicted octanol–water partition coefficient (Wildman–Crippen LogP) is 2.33. The maximum atomic E-state index is 5.92. The van der Waals surface area contributed by atoms with Gasteiger partial charge in [-0.1, -0.05) is 53.6 Å². The monoisotopic (exact) mass is 403 g/mol. The zero-order valence-corrected chi connectivity index (χ0v) is 22.7. The van der Waals surface area contributed by atoms with E-state index in [2.05, 4.69) is 67.3 Å². The first kappa shape index (κ1) is 30.4. The average molecular weight is 404 g/mol. The van der Waals surface area contributed by atoms with Crippen LogP contribution in [0.2, 0.25) is 6.32 Å². The molecule has 1 atom stereocenters. The summed E-state index contributed by atoms with van der Waals surface area (Å²) in [5, 5.41) is 3.51. The van der Waals surface area contributed by atoms with Gasteiger partial charge in [0, 0.05) is 24.3 Å². The largest absolute Gasteiger partial charge is 1.00 e. The second kappa shape index (κ2) is 14.2. The first-order valence-electron chi connectivity index (χ1n) is 10.0. The smallest absolute Gasteiger partial charge is 0.407 e. The molecule has 0 aromatic rings. The number of hydrogen-bond donors (Lipinski definition) is 1. The molecule has 0 fully saturated rings. The van der Waals surface area contributed by atoms with Gasteiger partial charge in [-0.2, -0.15) is 0 Å². The maximum absolute atomic E-state index is 5.92. The second-order valence-corrected chi connectivity index (χ2v) is 9.50. The summed E-state index contributed by atoms with van der Waals surface area (Å²) >= 11 is 0. The van der Waals surface area contributed by atoms with E-state index in [1.54, 1.807) is 0 Å². The number of allylic oxidation sites excluding steroid dienone is 1. The van der Waals surface area contributed by atoms with E-state index in [0.29, 0.717) is 13.2 Å². The standard InChI is InChI=1S/C22H43BNO2.K/c1-10-26-22(8,9)13-16-25-18(2)11-15-24-19(3)21(6,7)17-20(4,5)12-14-23;/h18,24H,1,3,10-17H2,2,4-9H3;/q-1;+1. The molecule has 0 aliphatic carbocycles. The summed E-state index contributed by atoms with van der Waals surface area (Å²) in [4.78, 5) is 0. The minimum atomic E-state index is -0.172. The predicted molar refractivity (Wildman–Crippen MR) is 115 cm³/mol. The van der Waals surface area contributed by atoms with E-state index in [4.69, 9.17) is 17.3 Å². The number of hydrogen-bond acceptors (Lipinski definition) is 3. The third-order valence-corrected chi connectivity index (χ3v) is 5.05. The summed E-state index contributed by atoms with van der Waals surface area (Å²) < 4.78 is 11.5. The van der Waals surface area contributed by atoms with Crippen molar-refractivity contribution in [1.82, 2.24) is 5.32 Å². The van der Waals surface area contributed by atoms with E-state index in [9.17, 15) is 0 Å². The van der Waals surface area contributed by atoms with Gasteiger partial charge in [-0.3, -0.25) is 0 Å². The minimum absolute atomic E-state index is 0. The molecule has 5 heteroatoms. The van der Waals surface area contributed by atoms with Crippen molar-refractivity contribution in [3.8, 4) is 0 Å². The summed E-state index contributed by atoms with van der Waals surface area (Å²) in [6.45, 7) is 25.4. The van der Waals surface area contributed by atoms with Gasteiger partial charge in [0.25, 0.3) is 0 Å². The van der Waals surface area contributed by atoms with E-state index >= 15 is 0 Å². The molecular weight excluding hydrogens is 360 g/mol. The van der Waals surface area contributed by atoms with Crippen molar-refractivity contribution < 1.29 is 60.9 Å². The molecule has 0 saturated heterocycles. The molecule has 0 heterocycles. The SMILES string of the molecule is [B]CCC(C)(C)CC(C)(C)C(=C)NCCC(C)OCCC(C)(C)OC[CH2-].[K+]. The molecule has 3 nitrogen and oxygen atoms in total. The van der Waals surface area contributed by atoms with Crippen LogP contribution in [0.15, 0.2) is 12.3 Å². The number of ether oxygens (including phenoxy) is 2. The fraction of sp³-hybridized carbons (Fsp3) is 0.864. The Morgan fingerprint density at radius 1 is 1.15 bits per heavy atom. The second-order valence-electron chi connectivity index (χ2n) is 9.50. The third kappa shape index (κ3) is 14.7.